The van der Waals surface area contributed by atoms with Gasteiger partial charge in [-0.3, -0.25) is 9.98 Å². The van der Waals surface area contributed by atoms with Crippen molar-refractivity contribution in [1.29, 1.82) is 0 Å². The largest absolute Gasteiger partial charge is 0.356 e. The Hall–Kier alpha value is -1.65. The summed E-state index contributed by atoms with van der Waals surface area (Å²) in [5, 5.41) is 6.59. The second-order valence-corrected chi connectivity index (χ2v) is 7.02. The van der Waals surface area contributed by atoms with E-state index in [0.717, 1.165) is 6.54 Å². The summed E-state index contributed by atoms with van der Waals surface area (Å²) in [7, 11) is 1.74. The first-order valence-corrected chi connectivity index (χ1v) is 8.58. The number of hydrogen-bond donors (Lipinski definition) is 2. The van der Waals surface area contributed by atoms with Gasteiger partial charge in [0.1, 0.15) is 5.82 Å². The zero-order chi connectivity index (χ0) is 16.7. The van der Waals surface area contributed by atoms with Crippen LogP contribution in [0.2, 0.25) is 0 Å². The van der Waals surface area contributed by atoms with Crippen molar-refractivity contribution in [2.45, 2.75) is 52.5 Å². The van der Waals surface area contributed by atoms with Crippen LogP contribution in [0.3, 0.4) is 0 Å². The monoisotopic (exact) mass is 320 g/mol. The quantitative estimate of drug-likeness (QED) is 0.623. The molecule has 0 saturated heterocycles. The van der Waals surface area contributed by atoms with Gasteiger partial charge in [-0.2, -0.15) is 0 Å². The van der Waals surface area contributed by atoms with Crippen molar-refractivity contribution in [2.24, 2.45) is 16.3 Å². The molecule has 0 atom stereocenters. The molecule has 2 N–H and O–H groups in total. The van der Waals surface area contributed by atoms with Crippen molar-refractivity contribution in [3.05, 3.63) is 29.8 Å². The molecule has 128 valence electrons. The van der Waals surface area contributed by atoms with Crippen molar-refractivity contribution < 1.29 is 4.39 Å². The average molecular weight is 320 g/mol. The molecule has 5 heteroatoms. The predicted molar refractivity (Wildman–Crippen MR) is 92.8 cm³/mol. The van der Waals surface area contributed by atoms with E-state index in [1.54, 1.807) is 19.3 Å². The minimum atomic E-state index is -0.289. The Morgan fingerprint density at radius 1 is 1.35 bits per heavy atom. The van der Waals surface area contributed by atoms with E-state index in [4.69, 9.17) is 0 Å². The molecule has 1 aromatic heterocycles. The average Bonchev–Trinajstić information content (AvgIpc) is 2.97. The fourth-order valence-corrected chi connectivity index (χ4v) is 3.65. The maximum atomic E-state index is 13.6. The Labute approximate surface area is 139 Å². The van der Waals surface area contributed by atoms with Crippen LogP contribution in [0.5, 0.6) is 0 Å². The van der Waals surface area contributed by atoms with E-state index >= 15 is 0 Å². The highest BCUT2D eigenvalue weighted by atomic mass is 19.1. The van der Waals surface area contributed by atoms with Gasteiger partial charge in [0.25, 0.3) is 0 Å². The lowest BCUT2D eigenvalue weighted by atomic mass is 9.78. The van der Waals surface area contributed by atoms with Crippen molar-refractivity contribution >= 4 is 5.96 Å². The standard InChI is InChI=1S/C18H29FN4/c1-14(2)11-18(8-4-5-9-18)13-23-17(20-3)22-12-16-15(19)7-6-10-21-16/h6-7,10,14H,4-5,8-9,11-13H2,1-3H3,(H2,20,22,23). The highest BCUT2D eigenvalue weighted by Crippen LogP contribution is 2.42. The first kappa shape index (κ1) is 17.7. The van der Waals surface area contributed by atoms with Gasteiger partial charge in [-0.25, -0.2) is 4.39 Å². The Bertz CT molecular complexity index is 522. The van der Waals surface area contributed by atoms with Gasteiger partial charge in [-0.05, 0) is 42.7 Å². The SMILES string of the molecule is CN=C(NCc1ncccc1F)NCC1(CC(C)C)CCCC1. The molecule has 1 aliphatic rings. The van der Waals surface area contributed by atoms with Crippen LogP contribution in [0, 0.1) is 17.2 Å². The number of halogens is 1. The number of rotatable bonds is 6. The molecule has 0 radical (unpaired) electrons. The molecule has 1 heterocycles. The molecule has 1 aromatic rings. The summed E-state index contributed by atoms with van der Waals surface area (Å²) >= 11 is 0. The van der Waals surface area contributed by atoms with Gasteiger partial charge in [0, 0.05) is 19.8 Å². The first-order chi connectivity index (χ1) is 11.0. The van der Waals surface area contributed by atoms with Crippen molar-refractivity contribution in [3.63, 3.8) is 0 Å². The van der Waals surface area contributed by atoms with Crippen molar-refractivity contribution in [2.75, 3.05) is 13.6 Å². The third-order valence-corrected chi connectivity index (χ3v) is 4.62. The van der Waals surface area contributed by atoms with Crippen LogP contribution < -0.4 is 10.6 Å². The Balaban J connectivity index is 1.88. The summed E-state index contributed by atoms with van der Waals surface area (Å²) in [4.78, 5) is 8.30. The van der Waals surface area contributed by atoms with Gasteiger partial charge in [0.05, 0.1) is 12.2 Å². The number of hydrogen-bond acceptors (Lipinski definition) is 2. The molecule has 1 aliphatic carbocycles. The van der Waals surface area contributed by atoms with Crippen LogP contribution in [0.25, 0.3) is 0 Å². The molecule has 23 heavy (non-hydrogen) atoms. The van der Waals surface area contributed by atoms with E-state index in [-0.39, 0.29) is 5.82 Å². The number of nitrogens with one attached hydrogen (secondary N) is 2. The van der Waals surface area contributed by atoms with E-state index in [2.05, 4.69) is 34.5 Å². The first-order valence-electron chi connectivity index (χ1n) is 8.58. The van der Waals surface area contributed by atoms with Crippen molar-refractivity contribution in [1.82, 2.24) is 15.6 Å². The summed E-state index contributed by atoms with van der Waals surface area (Å²) in [6.07, 6.45) is 8.05. The Kier molecular flexibility index (Phi) is 6.37. The lowest BCUT2D eigenvalue weighted by Crippen LogP contribution is -2.43. The number of guanidine groups is 1. The molecule has 0 aromatic carbocycles. The van der Waals surface area contributed by atoms with Gasteiger partial charge in [0.2, 0.25) is 0 Å². The minimum Gasteiger partial charge on any atom is -0.356 e. The normalized spacial score (nSPS) is 17.5. The number of aliphatic imine (C=N–C) groups is 1. The molecule has 0 aliphatic heterocycles. The molecule has 4 nitrogen and oxygen atoms in total. The third kappa shape index (κ3) is 5.19. The molecule has 1 fully saturated rings. The lowest BCUT2D eigenvalue weighted by Gasteiger charge is -2.31. The zero-order valence-electron chi connectivity index (χ0n) is 14.5. The van der Waals surface area contributed by atoms with Gasteiger partial charge in [0.15, 0.2) is 5.96 Å². The molecule has 0 bridgehead atoms. The third-order valence-electron chi connectivity index (χ3n) is 4.62. The molecule has 0 unspecified atom stereocenters. The molecule has 2 rings (SSSR count). The predicted octanol–water partition coefficient (Wildman–Crippen LogP) is 3.49. The maximum absolute atomic E-state index is 13.6. The Morgan fingerprint density at radius 3 is 2.70 bits per heavy atom. The van der Waals surface area contributed by atoms with Gasteiger partial charge < -0.3 is 10.6 Å². The second-order valence-electron chi connectivity index (χ2n) is 7.02. The summed E-state index contributed by atoms with van der Waals surface area (Å²) < 4.78 is 13.6. The molecular formula is C18H29FN4. The zero-order valence-corrected chi connectivity index (χ0v) is 14.5. The topological polar surface area (TPSA) is 49.3 Å². The summed E-state index contributed by atoms with van der Waals surface area (Å²) in [6, 6.07) is 3.03. The van der Waals surface area contributed by atoms with Crippen LogP contribution in [-0.4, -0.2) is 24.5 Å². The van der Waals surface area contributed by atoms with Gasteiger partial charge in [-0.1, -0.05) is 26.7 Å². The summed E-state index contributed by atoms with van der Waals surface area (Å²) in [5.74, 6) is 1.13. The lowest BCUT2D eigenvalue weighted by molar-refractivity contribution is 0.234. The van der Waals surface area contributed by atoms with Gasteiger partial charge in [-0.15, -0.1) is 0 Å². The minimum absolute atomic E-state index is 0.289. The van der Waals surface area contributed by atoms with Crippen molar-refractivity contribution in [3.8, 4) is 0 Å². The fourth-order valence-electron chi connectivity index (χ4n) is 3.65. The van der Waals surface area contributed by atoms with Crippen LogP contribution in [0.4, 0.5) is 4.39 Å². The molecular weight excluding hydrogens is 291 g/mol. The van der Waals surface area contributed by atoms with E-state index in [1.165, 1.54) is 38.2 Å². The van der Waals surface area contributed by atoms with E-state index in [0.29, 0.717) is 29.5 Å². The summed E-state index contributed by atoms with van der Waals surface area (Å²) in [5.41, 5.74) is 0.787. The van der Waals surface area contributed by atoms with E-state index in [9.17, 15) is 4.39 Å². The highest BCUT2D eigenvalue weighted by Gasteiger charge is 2.34. The smallest absolute Gasteiger partial charge is 0.191 e. The second kappa shape index (κ2) is 8.27. The molecule has 0 spiro atoms. The van der Waals surface area contributed by atoms with Crippen LogP contribution in [0.1, 0.15) is 51.6 Å². The number of aromatic nitrogens is 1. The summed E-state index contributed by atoms with van der Waals surface area (Å²) in [6.45, 7) is 5.84. The van der Waals surface area contributed by atoms with Gasteiger partial charge >= 0.3 is 0 Å². The fraction of sp³-hybridized carbons (Fsp3) is 0.667. The highest BCUT2D eigenvalue weighted by molar-refractivity contribution is 5.79. The van der Waals surface area contributed by atoms with E-state index < -0.39 is 0 Å². The number of nitrogens with zero attached hydrogens (tertiary/aromatic N) is 2. The van der Waals surface area contributed by atoms with E-state index in [1.807, 2.05) is 0 Å². The molecule has 1 saturated carbocycles. The Morgan fingerprint density at radius 2 is 2.09 bits per heavy atom. The van der Waals surface area contributed by atoms with Crippen LogP contribution in [-0.2, 0) is 6.54 Å². The molecule has 0 amide bonds. The number of pyridine rings is 1. The maximum Gasteiger partial charge on any atom is 0.191 e. The van der Waals surface area contributed by atoms with Crippen LogP contribution in [0.15, 0.2) is 23.3 Å². The van der Waals surface area contributed by atoms with Crippen LogP contribution >= 0.6 is 0 Å².